The van der Waals surface area contributed by atoms with Gasteiger partial charge in [-0.1, -0.05) is 53.4 Å². The zero-order valence-corrected chi connectivity index (χ0v) is 20.0. The maximum absolute atomic E-state index is 13.5. The number of thioether (sulfide) groups is 2. The molecule has 5 aromatic rings. The first-order valence-corrected chi connectivity index (χ1v) is 12.9. The summed E-state index contributed by atoms with van der Waals surface area (Å²) >= 11 is 3.29. The molecule has 0 aliphatic carbocycles. The highest BCUT2D eigenvalue weighted by atomic mass is 32.2. The van der Waals surface area contributed by atoms with Crippen LogP contribution in [-0.2, 0) is 0 Å². The fourth-order valence-electron chi connectivity index (χ4n) is 4.07. The number of para-hydroxylation sites is 1. The Bertz CT molecular complexity index is 1550. The fourth-order valence-corrected chi connectivity index (χ4v) is 6.39. The topological polar surface area (TPSA) is 78.5 Å². The number of pyridine rings is 1. The minimum Gasteiger partial charge on any atom is -0.297 e. The number of hydrogen-bond acceptors (Lipinski definition) is 7. The van der Waals surface area contributed by atoms with E-state index >= 15 is 0 Å². The van der Waals surface area contributed by atoms with Crippen molar-refractivity contribution in [3.05, 3.63) is 89.0 Å². The standard InChI is InChI=1S/C25H20N6OS2/c1-16-8-10-18(11-9-16)31-23(32)20-6-2-3-7-21(20)27-24(31)33-14-19-15-34-25-29-28-22(30(19)25)17-5-4-12-26-13-17/h2-13,19H,14-15H2,1H3. The molecule has 9 heteroatoms. The molecule has 3 aromatic heterocycles. The van der Waals surface area contributed by atoms with E-state index in [-0.39, 0.29) is 11.6 Å². The van der Waals surface area contributed by atoms with Gasteiger partial charge in [-0.3, -0.25) is 18.9 Å². The molecule has 1 unspecified atom stereocenters. The van der Waals surface area contributed by atoms with E-state index in [0.29, 0.717) is 16.1 Å². The number of rotatable bonds is 5. The third-order valence-corrected chi connectivity index (χ3v) is 7.97. The van der Waals surface area contributed by atoms with Crippen LogP contribution in [0.25, 0.3) is 28.0 Å². The van der Waals surface area contributed by atoms with E-state index in [1.807, 2.05) is 73.8 Å². The van der Waals surface area contributed by atoms with Crippen LogP contribution < -0.4 is 5.56 Å². The summed E-state index contributed by atoms with van der Waals surface area (Å²) in [6, 6.07) is 19.6. The van der Waals surface area contributed by atoms with Crippen LogP contribution in [-0.4, -0.2) is 40.8 Å². The van der Waals surface area contributed by atoms with Crippen LogP contribution in [0.15, 0.2) is 88.2 Å². The lowest BCUT2D eigenvalue weighted by molar-refractivity contribution is 0.596. The summed E-state index contributed by atoms with van der Waals surface area (Å²) in [7, 11) is 0. The second-order valence-electron chi connectivity index (χ2n) is 8.08. The van der Waals surface area contributed by atoms with Gasteiger partial charge in [0, 0.05) is 29.5 Å². The second-order valence-corrected chi connectivity index (χ2v) is 10.1. The third-order valence-electron chi connectivity index (χ3n) is 5.80. The number of benzene rings is 2. The molecule has 7 nitrogen and oxygen atoms in total. The maximum atomic E-state index is 13.5. The van der Waals surface area contributed by atoms with Crippen LogP contribution in [0.5, 0.6) is 0 Å². The van der Waals surface area contributed by atoms with Gasteiger partial charge in [0.15, 0.2) is 16.1 Å². The summed E-state index contributed by atoms with van der Waals surface area (Å²) in [6.45, 7) is 2.04. The van der Waals surface area contributed by atoms with Crippen molar-refractivity contribution in [2.24, 2.45) is 0 Å². The molecule has 0 fully saturated rings. The lowest BCUT2D eigenvalue weighted by Gasteiger charge is -2.17. The quantitative estimate of drug-likeness (QED) is 0.262. The highest BCUT2D eigenvalue weighted by Gasteiger charge is 2.29. The predicted molar refractivity (Wildman–Crippen MR) is 136 cm³/mol. The average molecular weight is 485 g/mol. The highest BCUT2D eigenvalue weighted by molar-refractivity contribution is 8.00. The van der Waals surface area contributed by atoms with Crippen molar-refractivity contribution < 1.29 is 0 Å². The van der Waals surface area contributed by atoms with Crippen molar-refractivity contribution >= 4 is 34.4 Å². The molecule has 0 bridgehead atoms. The van der Waals surface area contributed by atoms with Gasteiger partial charge in [0.1, 0.15) is 0 Å². The predicted octanol–water partition coefficient (Wildman–Crippen LogP) is 4.79. The molecule has 1 aliphatic heterocycles. The summed E-state index contributed by atoms with van der Waals surface area (Å²) in [5.41, 5.74) is 3.56. The van der Waals surface area contributed by atoms with Crippen LogP contribution in [0, 0.1) is 6.92 Å². The van der Waals surface area contributed by atoms with Gasteiger partial charge in [-0.25, -0.2) is 4.98 Å². The number of hydrogen-bond donors (Lipinski definition) is 0. The van der Waals surface area contributed by atoms with E-state index in [1.165, 1.54) is 0 Å². The van der Waals surface area contributed by atoms with Crippen LogP contribution in [0.1, 0.15) is 11.6 Å². The molecule has 1 atom stereocenters. The van der Waals surface area contributed by atoms with Gasteiger partial charge in [-0.15, -0.1) is 10.2 Å². The molecule has 168 valence electrons. The molecule has 6 rings (SSSR count). The maximum Gasteiger partial charge on any atom is 0.266 e. The molecule has 0 saturated carbocycles. The Morgan fingerprint density at radius 1 is 1.06 bits per heavy atom. The van der Waals surface area contributed by atoms with E-state index in [1.54, 1.807) is 34.3 Å². The van der Waals surface area contributed by atoms with Crippen molar-refractivity contribution in [2.75, 3.05) is 11.5 Å². The van der Waals surface area contributed by atoms with Gasteiger partial charge < -0.3 is 0 Å². The van der Waals surface area contributed by atoms with Crippen LogP contribution in [0.4, 0.5) is 0 Å². The molecule has 0 amide bonds. The average Bonchev–Trinajstić information content (AvgIpc) is 3.47. The SMILES string of the molecule is Cc1ccc(-n2c(SCC3CSc4nnc(-c5cccnc5)n43)nc3ccccc3c2=O)cc1. The van der Waals surface area contributed by atoms with E-state index in [4.69, 9.17) is 4.98 Å². The van der Waals surface area contributed by atoms with Gasteiger partial charge in [-0.05, 0) is 43.3 Å². The van der Waals surface area contributed by atoms with Gasteiger partial charge in [0.25, 0.3) is 5.56 Å². The molecule has 2 aromatic carbocycles. The van der Waals surface area contributed by atoms with Crippen LogP contribution in [0.2, 0.25) is 0 Å². The van der Waals surface area contributed by atoms with E-state index in [0.717, 1.165) is 39.3 Å². The Labute approximate surface area is 204 Å². The van der Waals surface area contributed by atoms with E-state index < -0.39 is 0 Å². The van der Waals surface area contributed by atoms with Crippen molar-refractivity contribution in [3.63, 3.8) is 0 Å². The zero-order chi connectivity index (χ0) is 23.1. The Morgan fingerprint density at radius 2 is 1.91 bits per heavy atom. The normalized spacial score (nSPS) is 15.0. The van der Waals surface area contributed by atoms with Crippen molar-refractivity contribution in [1.82, 2.24) is 29.3 Å². The number of fused-ring (bicyclic) bond motifs is 2. The first-order valence-electron chi connectivity index (χ1n) is 10.9. The zero-order valence-electron chi connectivity index (χ0n) is 18.3. The molecule has 1 aliphatic rings. The smallest absolute Gasteiger partial charge is 0.266 e. The second kappa shape index (κ2) is 8.73. The van der Waals surface area contributed by atoms with Gasteiger partial charge in [0.05, 0.1) is 22.6 Å². The Morgan fingerprint density at radius 3 is 2.74 bits per heavy atom. The van der Waals surface area contributed by atoms with E-state index in [2.05, 4.69) is 19.7 Å². The Kier molecular flexibility index (Phi) is 5.43. The van der Waals surface area contributed by atoms with Gasteiger partial charge in [0.2, 0.25) is 0 Å². The monoisotopic (exact) mass is 484 g/mol. The van der Waals surface area contributed by atoms with Crippen molar-refractivity contribution in [3.8, 4) is 17.1 Å². The van der Waals surface area contributed by atoms with Gasteiger partial charge >= 0.3 is 0 Å². The fraction of sp³-hybridized carbons (Fsp3) is 0.160. The Hall–Kier alpha value is -3.43. The largest absolute Gasteiger partial charge is 0.297 e. The number of aryl methyl sites for hydroxylation is 1. The molecule has 0 radical (unpaired) electrons. The summed E-state index contributed by atoms with van der Waals surface area (Å²) in [4.78, 5) is 22.6. The minimum atomic E-state index is -0.0567. The first-order chi connectivity index (χ1) is 16.7. The molecular formula is C25H20N6OS2. The van der Waals surface area contributed by atoms with Crippen LogP contribution >= 0.6 is 23.5 Å². The molecule has 34 heavy (non-hydrogen) atoms. The first kappa shape index (κ1) is 21.1. The Balaban J connectivity index is 1.38. The molecular weight excluding hydrogens is 464 g/mol. The third kappa shape index (κ3) is 3.70. The number of nitrogens with zero attached hydrogens (tertiary/aromatic N) is 6. The summed E-state index contributed by atoms with van der Waals surface area (Å²) in [5, 5.41) is 11.0. The summed E-state index contributed by atoms with van der Waals surface area (Å²) in [5.74, 6) is 2.45. The lowest BCUT2D eigenvalue weighted by atomic mass is 10.2. The van der Waals surface area contributed by atoms with Crippen molar-refractivity contribution in [2.45, 2.75) is 23.3 Å². The van der Waals surface area contributed by atoms with Gasteiger partial charge in [-0.2, -0.15) is 0 Å². The molecule has 0 saturated heterocycles. The highest BCUT2D eigenvalue weighted by Crippen LogP contribution is 2.38. The summed E-state index contributed by atoms with van der Waals surface area (Å²) in [6.07, 6.45) is 3.56. The lowest BCUT2D eigenvalue weighted by Crippen LogP contribution is -2.22. The molecule has 4 heterocycles. The summed E-state index contributed by atoms with van der Waals surface area (Å²) < 4.78 is 3.91. The van der Waals surface area contributed by atoms with E-state index in [9.17, 15) is 4.79 Å². The minimum absolute atomic E-state index is 0.0567. The van der Waals surface area contributed by atoms with Crippen LogP contribution in [0.3, 0.4) is 0 Å². The molecule has 0 spiro atoms. The van der Waals surface area contributed by atoms with Crippen molar-refractivity contribution in [1.29, 1.82) is 0 Å². The number of aromatic nitrogens is 6. The molecule has 0 N–H and O–H groups in total.